The summed E-state index contributed by atoms with van der Waals surface area (Å²) in [6.45, 7) is 10.3. The monoisotopic (exact) mass is 266 g/mol. The summed E-state index contributed by atoms with van der Waals surface area (Å²) in [6.07, 6.45) is 0.124. The average molecular weight is 266 g/mol. The van der Waals surface area contributed by atoms with E-state index >= 15 is 0 Å². The molecule has 0 aliphatic carbocycles. The molecule has 0 bridgehead atoms. The van der Waals surface area contributed by atoms with E-state index in [0.717, 1.165) is 11.3 Å². The minimum atomic E-state index is 0.113. The van der Waals surface area contributed by atoms with Crippen molar-refractivity contribution in [2.45, 2.75) is 45.5 Å². The van der Waals surface area contributed by atoms with Gasteiger partial charge in [-0.2, -0.15) is 0 Å². The molecule has 2 nitrogen and oxygen atoms in total. The van der Waals surface area contributed by atoms with Crippen molar-refractivity contribution in [3.8, 4) is 5.75 Å². The minimum absolute atomic E-state index is 0.113. The number of hydrogen-bond donors (Lipinski definition) is 0. The van der Waals surface area contributed by atoms with Crippen molar-refractivity contribution in [1.29, 1.82) is 0 Å². The Labute approximate surface area is 114 Å². The molecule has 1 aromatic carbocycles. The van der Waals surface area contributed by atoms with Crippen LogP contribution in [0.1, 0.15) is 45.0 Å². The van der Waals surface area contributed by atoms with Gasteiger partial charge in [-0.25, -0.2) is 0 Å². The number of carbonyl (C=O) groups is 1. The van der Waals surface area contributed by atoms with E-state index in [2.05, 4.69) is 20.8 Å². The van der Waals surface area contributed by atoms with Gasteiger partial charge in [0.05, 0.1) is 11.9 Å². The number of Topliss-reactive ketones (excluding diaryl/α,β-unsaturated/α-hetero) is 1. The van der Waals surface area contributed by atoms with E-state index < -0.39 is 0 Å². The predicted octanol–water partition coefficient (Wildman–Crippen LogP) is 4.19. The van der Waals surface area contributed by atoms with Crippen LogP contribution >= 0.6 is 11.8 Å². The van der Waals surface area contributed by atoms with Crippen LogP contribution in [0, 0.1) is 0 Å². The Balaban J connectivity index is 2.68. The number of benzene rings is 1. The second-order valence-electron chi connectivity index (χ2n) is 5.52. The van der Waals surface area contributed by atoms with Gasteiger partial charge < -0.3 is 4.74 Å². The van der Waals surface area contributed by atoms with Crippen molar-refractivity contribution in [2.75, 3.05) is 5.75 Å². The molecule has 0 saturated carbocycles. The molecule has 0 fully saturated rings. The average Bonchev–Trinajstić information content (AvgIpc) is 2.24. The summed E-state index contributed by atoms with van der Waals surface area (Å²) in [5, 5.41) is 0. The van der Waals surface area contributed by atoms with Crippen LogP contribution in [0.3, 0.4) is 0 Å². The van der Waals surface area contributed by atoms with Crippen molar-refractivity contribution in [2.24, 2.45) is 0 Å². The van der Waals surface area contributed by atoms with Gasteiger partial charge in [0.15, 0.2) is 5.78 Å². The smallest absolute Gasteiger partial charge is 0.172 e. The van der Waals surface area contributed by atoms with E-state index in [4.69, 9.17) is 4.74 Å². The number of thioether (sulfide) groups is 1. The molecule has 0 amide bonds. The highest BCUT2D eigenvalue weighted by Crippen LogP contribution is 2.24. The van der Waals surface area contributed by atoms with Crippen molar-refractivity contribution < 1.29 is 9.53 Å². The molecule has 0 heterocycles. The van der Waals surface area contributed by atoms with E-state index in [1.54, 1.807) is 11.8 Å². The van der Waals surface area contributed by atoms with Crippen LogP contribution in [0.25, 0.3) is 0 Å². The topological polar surface area (TPSA) is 26.3 Å². The summed E-state index contributed by atoms with van der Waals surface area (Å²) in [6, 6.07) is 7.42. The number of carbonyl (C=O) groups excluding carboxylic acids is 1. The minimum Gasteiger partial charge on any atom is -0.491 e. The summed E-state index contributed by atoms with van der Waals surface area (Å²) in [5.41, 5.74) is 0.727. The molecule has 0 aromatic heterocycles. The molecule has 1 aromatic rings. The number of rotatable bonds is 5. The standard InChI is InChI=1S/C15H22O2S/c1-11(2)17-13-8-6-7-12(9-13)14(16)10-18-15(3,4)5/h6-9,11H,10H2,1-5H3. The van der Waals surface area contributed by atoms with E-state index in [-0.39, 0.29) is 16.6 Å². The number of hydrogen-bond acceptors (Lipinski definition) is 3. The third kappa shape index (κ3) is 5.58. The third-order valence-electron chi connectivity index (χ3n) is 2.16. The molecule has 3 heteroatoms. The largest absolute Gasteiger partial charge is 0.491 e. The van der Waals surface area contributed by atoms with Crippen molar-refractivity contribution in [1.82, 2.24) is 0 Å². The number of ether oxygens (including phenoxy) is 1. The zero-order valence-electron chi connectivity index (χ0n) is 11.8. The lowest BCUT2D eigenvalue weighted by Gasteiger charge is -2.17. The maximum Gasteiger partial charge on any atom is 0.172 e. The van der Waals surface area contributed by atoms with Gasteiger partial charge in [-0.05, 0) is 26.0 Å². The number of ketones is 1. The summed E-state index contributed by atoms with van der Waals surface area (Å²) in [7, 11) is 0. The lowest BCUT2D eigenvalue weighted by Crippen LogP contribution is -2.13. The lowest BCUT2D eigenvalue weighted by molar-refractivity contribution is 0.102. The van der Waals surface area contributed by atoms with Crippen LogP contribution in [0.2, 0.25) is 0 Å². The van der Waals surface area contributed by atoms with Crippen LogP contribution in [0.15, 0.2) is 24.3 Å². The van der Waals surface area contributed by atoms with Gasteiger partial charge in [-0.1, -0.05) is 32.9 Å². The molecule has 0 atom stereocenters. The fourth-order valence-electron chi connectivity index (χ4n) is 1.38. The molecule has 0 N–H and O–H groups in total. The van der Waals surface area contributed by atoms with Gasteiger partial charge in [0.2, 0.25) is 0 Å². The summed E-state index contributed by atoms with van der Waals surface area (Å²) < 4.78 is 5.70. The quantitative estimate of drug-likeness (QED) is 0.748. The first-order chi connectivity index (χ1) is 8.28. The molecule has 100 valence electrons. The molecule has 18 heavy (non-hydrogen) atoms. The van der Waals surface area contributed by atoms with E-state index in [1.165, 1.54) is 0 Å². The maximum absolute atomic E-state index is 12.1. The molecule has 0 saturated heterocycles. The molecular formula is C15H22O2S. The second kappa shape index (κ2) is 6.28. The molecule has 0 unspecified atom stereocenters. The fraction of sp³-hybridized carbons (Fsp3) is 0.533. The summed E-state index contributed by atoms with van der Waals surface area (Å²) in [4.78, 5) is 12.1. The first kappa shape index (κ1) is 15.1. The Kier molecular flexibility index (Phi) is 5.27. The highest BCUT2D eigenvalue weighted by atomic mass is 32.2. The summed E-state index contributed by atoms with van der Waals surface area (Å²) >= 11 is 1.67. The van der Waals surface area contributed by atoms with Gasteiger partial charge >= 0.3 is 0 Å². The molecule has 0 aliphatic heterocycles. The zero-order chi connectivity index (χ0) is 13.8. The van der Waals surface area contributed by atoms with Gasteiger partial charge in [-0.15, -0.1) is 11.8 Å². The normalized spacial score (nSPS) is 11.7. The molecule has 0 aliphatic rings. The Morgan fingerprint density at radius 2 is 2.00 bits per heavy atom. The van der Waals surface area contributed by atoms with Crippen molar-refractivity contribution in [3.05, 3.63) is 29.8 Å². The molecule has 1 rings (SSSR count). The van der Waals surface area contributed by atoms with Crippen LogP contribution in [-0.4, -0.2) is 22.4 Å². The Hall–Kier alpha value is -0.960. The van der Waals surface area contributed by atoms with E-state index in [0.29, 0.717) is 5.75 Å². The van der Waals surface area contributed by atoms with Gasteiger partial charge in [0.25, 0.3) is 0 Å². The van der Waals surface area contributed by atoms with Crippen LogP contribution < -0.4 is 4.74 Å². The van der Waals surface area contributed by atoms with E-state index in [9.17, 15) is 4.79 Å². The van der Waals surface area contributed by atoms with Crippen LogP contribution in [0.4, 0.5) is 0 Å². The molecular weight excluding hydrogens is 244 g/mol. The highest BCUT2D eigenvalue weighted by molar-refractivity contribution is 8.01. The van der Waals surface area contributed by atoms with Crippen molar-refractivity contribution >= 4 is 17.5 Å². The third-order valence-corrected chi connectivity index (χ3v) is 3.44. The highest BCUT2D eigenvalue weighted by Gasteiger charge is 2.15. The van der Waals surface area contributed by atoms with Gasteiger partial charge in [-0.3, -0.25) is 4.79 Å². The summed E-state index contributed by atoms with van der Waals surface area (Å²) in [5.74, 6) is 1.43. The molecule has 0 spiro atoms. The van der Waals surface area contributed by atoms with Crippen LogP contribution in [-0.2, 0) is 0 Å². The first-order valence-corrected chi connectivity index (χ1v) is 7.20. The second-order valence-corrected chi connectivity index (χ2v) is 7.32. The Morgan fingerprint density at radius 1 is 1.33 bits per heavy atom. The molecule has 0 radical (unpaired) electrons. The lowest BCUT2D eigenvalue weighted by atomic mass is 10.1. The predicted molar refractivity (Wildman–Crippen MR) is 78.7 cm³/mol. The SMILES string of the molecule is CC(C)Oc1cccc(C(=O)CSC(C)(C)C)c1. The zero-order valence-corrected chi connectivity index (χ0v) is 12.6. The fourth-order valence-corrected chi connectivity index (χ4v) is 2.11. The van der Waals surface area contributed by atoms with Gasteiger partial charge in [0, 0.05) is 10.3 Å². The maximum atomic E-state index is 12.1. The first-order valence-electron chi connectivity index (χ1n) is 6.22. The Bertz CT molecular complexity index is 405. The van der Waals surface area contributed by atoms with Crippen molar-refractivity contribution in [3.63, 3.8) is 0 Å². The Morgan fingerprint density at radius 3 is 2.56 bits per heavy atom. The van der Waals surface area contributed by atoms with Crippen LogP contribution in [0.5, 0.6) is 5.75 Å². The van der Waals surface area contributed by atoms with Gasteiger partial charge in [0.1, 0.15) is 5.75 Å². The van der Waals surface area contributed by atoms with E-state index in [1.807, 2.05) is 38.1 Å².